The highest BCUT2D eigenvalue weighted by Gasteiger charge is 2.26. The van der Waals surface area contributed by atoms with Crippen LogP contribution in [0.4, 0.5) is 4.39 Å². The number of carbonyl (C=O) groups is 1. The molecule has 0 fully saturated rings. The van der Waals surface area contributed by atoms with Crippen molar-refractivity contribution in [2.45, 2.75) is 19.3 Å². The number of hydrogen-bond acceptors (Lipinski definition) is 5. The van der Waals surface area contributed by atoms with Crippen molar-refractivity contribution in [3.8, 4) is 11.5 Å². The van der Waals surface area contributed by atoms with Gasteiger partial charge in [0, 0.05) is 5.39 Å². The monoisotopic (exact) mass is 483 g/mol. The number of nitrogens with zero attached hydrogens (tertiary/aromatic N) is 1. The van der Waals surface area contributed by atoms with Gasteiger partial charge in [-0.15, -0.1) is 0 Å². The number of allylic oxidation sites excluding steroid dienone is 1. The molecule has 0 unspecified atom stereocenters. The van der Waals surface area contributed by atoms with Gasteiger partial charge in [-0.25, -0.2) is 14.2 Å². The van der Waals surface area contributed by atoms with Crippen LogP contribution in [0, 0.1) is 5.82 Å². The molecule has 6 heteroatoms. The molecule has 1 aromatic heterocycles. The highest BCUT2D eigenvalue weighted by Crippen LogP contribution is 2.36. The van der Waals surface area contributed by atoms with E-state index in [-0.39, 0.29) is 25.0 Å². The number of carbonyl (C=O) groups excluding carboxylic acids is 1. The zero-order valence-corrected chi connectivity index (χ0v) is 20.0. The van der Waals surface area contributed by atoms with Crippen LogP contribution in [0.3, 0.4) is 0 Å². The van der Waals surface area contributed by atoms with E-state index in [0.29, 0.717) is 11.3 Å². The summed E-state index contributed by atoms with van der Waals surface area (Å²) in [6.07, 6.45) is 4.48. The molecule has 0 radical (unpaired) electrons. The molecule has 182 valence electrons. The van der Waals surface area contributed by atoms with E-state index in [1.165, 1.54) is 12.1 Å². The Kier molecular flexibility index (Phi) is 6.94. The van der Waals surface area contributed by atoms with E-state index in [0.717, 1.165) is 58.3 Å². The van der Waals surface area contributed by atoms with E-state index >= 15 is 0 Å². The second kappa shape index (κ2) is 10.6. The molecule has 0 aliphatic heterocycles. The molecule has 0 saturated heterocycles. The minimum Gasteiger partial charge on any atom is -0.497 e. The minimum absolute atomic E-state index is 0.120. The van der Waals surface area contributed by atoms with Gasteiger partial charge in [-0.3, -0.25) is 0 Å². The summed E-state index contributed by atoms with van der Waals surface area (Å²) in [6.45, 7) is 0.355. The van der Waals surface area contributed by atoms with Gasteiger partial charge in [-0.05, 0) is 84.5 Å². The van der Waals surface area contributed by atoms with Gasteiger partial charge in [-0.1, -0.05) is 30.3 Å². The number of fused-ring (bicyclic) bond motifs is 2. The van der Waals surface area contributed by atoms with E-state index in [4.69, 9.17) is 19.2 Å². The summed E-state index contributed by atoms with van der Waals surface area (Å²) in [6, 6.07) is 21.2. The molecule has 3 aromatic carbocycles. The lowest BCUT2D eigenvalue weighted by Gasteiger charge is -2.22. The summed E-state index contributed by atoms with van der Waals surface area (Å²) in [5, 5.41) is 0.778. The second-order valence-electron chi connectivity index (χ2n) is 8.57. The Bertz CT molecular complexity index is 1410. The maximum absolute atomic E-state index is 13.4. The van der Waals surface area contributed by atoms with Crippen molar-refractivity contribution < 1.29 is 23.4 Å². The fraction of sp³-hybridized carbons (Fsp3) is 0.200. The number of hydrogen-bond donors (Lipinski definition) is 0. The van der Waals surface area contributed by atoms with Crippen molar-refractivity contribution in [3.05, 3.63) is 101 Å². The molecule has 36 heavy (non-hydrogen) atoms. The van der Waals surface area contributed by atoms with Gasteiger partial charge in [0.1, 0.15) is 30.5 Å². The number of pyridine rings is 1. The Hall–Kier alpha value is -4.19. The van der Waals surface area contributed by atoms with Gasteiger partial charge >= 0.3 is 5.97 Å². The summed E-state index contributed by atoms with van der Waals surface area (Å²) in [4.78, 5) is 18.3. The summed E-state index contributed by atoms with van der Waals surface area (Å²) in [5.41, 5.74) is 4.94. The standard InChI is InChI=1S/C30H26FNO4/c1-34-23-13-15-24(16-14-23)35-17-18-36-30(33)28-25-6-2-3-8-27(25)32-29-21(5-4-7-26(28)29)19-20-9-11-22(31)12-10-20/h2-3,6,8-16,19H,4-5,7,17-18H2,1H3. The van der Waals surface area contributed by atoms with Gasteiger partial charge in [0.15, 0.2) is 0 Å². The lowest BCUT2D eigenvalue weighted by molar-refractivity contribution is 0.0451. The Morgan fingerprint density at radius 3 is 2.47 bits per heavy atom. The number of methoxy groups -OCH3 is 1. The molecule has 0 N–H and O–H groups in total. The van der Waals surface area contributed by atoms with Gasteiger partial charge in [0.2, 0.25) is 0 Å². The first-order chi connectivity index (χ1) is 17.6. The zero-order chi connectivity index (χ0) is 24.9. The number of halogens is 1. The molecule has 0 amide bonds. The molecule has 0 atom stereocenters. The van der Waals surface area contributed by atoms with Crippen molar-refractivity contribution in [2.75, 3.05) is 20.3 Å². The number of para-hydroxylation sites is 1. The fourth-order valence-electron chi connectivity index (χ4n) is 4.51. The SMILES string of the molecule is COc1ccc(OCCOC(=O)c2c3c(nc4ccccc24)C(=Cc2ccc(F)cc2)CCC3)cc1. The van der Waals surface area contributed by atoms with Crippen molar-refractivity contribution in [2.24, 2.45) is 0 Å². The maximum Gasteiger partial charge on any atom is 0.339 e. The lowest BCUT2D eigenvalue weighted by atomic mass is 9.86. The largest absolute Gasteiger partial charge is 0.497 e. The second-order valence-corrected chi connectivity index (χ2v) is 8.57. The molecule has 4 aromatic rings. The molecule has 0 bridgehead atoms. The van der Waals surface area contributed by atoms with Crippen LogP contribution in [0.25, 0.3) is 22.6 Å². The Balaban J connectivity index is 1.40. The smallest absolute Gasteiger partial charge is 0.339 e. The molecule has 0 saturated carbocycles. The van der Waals surface area contributed by atoms with Gasteiger partial charge < -0.3 is 14.2 Å². The predicted octanol–water partition coefficient (Wildman–Crippen LogP) is 6.50. The van der Waals surface area contributed by atoms with Crippen LogP contribution in [-0.2, 0) is 11.2 Å². The molecule has 5 rings (SSSR count). The van der Waals surface area contributed by atoms with Crippen molar-refractivity contribution in [3.63, 3.8) is 0 Å². The predicted molar refractivity (Wildman–Crippen MR) is 138 cm³/mol. The molecule has 1 aliphatic rings. The van der Waals surface area contributed by atoms with Crippen LogP contribution in [0.15, 0.2) is 72.8 Å². The number of aromatic nitrogens is 1. The average Bonchev–Trinajstić information content (AvgIpc) is 2.91. The van der Waals surface area contributed by atoms with Gasteiger partial charge in [0.05, 0.1) is 23.9 Å². The molecule has 5 nitrogen and oxygen atoms in total. The fourth-order valence-corrected chi connectivity index (χ4v) is 4.51. The van der Waals surface area contributed by atoms with Crippen LogP contribution in [-0.4, -0.2) is 31.3 Å². The minimum atomic E-state index is -0.383. The summed E-state index contributed by atoms with van der Waals surface area (Å²) in [7, 11) is 1.61. The van der Waals surface area contributed by atoms with Gasteiger partial charge in [-0.2, -0.15) is 0 Å². The molecule has 1 heterocycles. The summed E-state index contributed by atoms with van der Waals surface area (Å²) >= 11 is 0. The number of rotatable bonds is 7. The van der Waals surface area contributed by atoms with E-state index in [1.807, 2.05) is 54.6 Å². The van der Waals surface area contributed by atoms with Gasteiger partial charge in [0.25, 0.3) is 0 Å². The zero-order valence-electron chi connectivity index (χ0n) is 20.0. The van der Waals surface area contributed by atoms with Crippen molar-refractivity contribution in [1.29, 1.82) is 0 Å². The van der Waals surface area contributed by atoms with Crippen LogP contribution >= 0.6 is 0 Å². The normalized spacial score (nSPS) is 13.9. The molecular weight excluding hydrogens is 457 g/mol. The van der Waals surface area contributed by atoms with Crippen LogP contribution in [0.2, 0.25) is 0 Å². The first kappa shape index (κ1) is 23.5. The molecule has 1 aliphatic carbocycles. The van der Waals surface area contributed by atoms with Crippen LogP contribution in [0.1, 0.15) is 40.0 Å². The van der Waals surface area contributed by atoms with E-state index in [1.54, 1.807) is 19.2 Å². The van der Waals surface area contributed by atoms with Crippen molar-refractivity contribution in [1.82, 2.24) is 4.98 Å². The Labute approximate surface area is 209 Å². The Morgan fingerprint density at radius 1 is 0.944 bits per heavy atom. The first-order valence-electron chi connectivity index (χ1n) is 11.9. The number of benzene rings is 3. The summed E-state index contributed by atoms with van der Waals surface area (Å²) in [5.74, 6) is 0.766. The third-order valence-electron chi connectivity index (χ3n) is 6.23. The van der Waals surface area contributed by atoms with Crippen LogP contribution in [0.5, 0.6) is 11.5 Å². The average molecular weight is 484 g/mol. The van der Waals surface area contributed by atoms with Crippen molar-refractivity contribution >= 4 is 28.5 Å². The molecule has 0 spiro atoms. The third kappa shape index (κ3) is 5.08. The first-order valence-corrected chi connectivity index (χ1v) is 11.9. The third-order valence-corrected chi connectivity index (χ3v) is 6.23. The number of ether oxygens (including phenoxy) is 3. The maximum atomic E-state index is 13.4. The van der Waals surface area contributed by atoms with Crippen LogP contribution < -0.4 is 9.47 Å². The summed E-state index contributed by atoms with van der Waals surface area (Å²) < 4.78 is 29.9. The highest BCUT2D eigenvalue weighted by atomic mass is 19.1. The van der Waals surface area contributed by atoms with E-state index < -0.39 is 0 Å². The number of esters is 1. The van der Waals surface area contributed by atoms with E-state index in [2.05, 4.69) is 0 Å². The molecular formula is C30H26FNO4. The highest BCUT2D eigenvalue weighted by molar-refractivity contribution is 6.06. The quantitative estimate of drug-likeness (QED) is 0.222. The lowest BCUT2D eigenvalue weighted by Crippen LogP contribution is -2.17. The topological polar surface area (TPSA) is 57.7 Å². The Morgan fingerprint density at radius 2 is 1.69 bits per heavy atom. The van der Waals surface area contributed by atoms with E-state index in [9.17, 15) is 9.18 Å².